The van der Waals surface area contributed by atoms with E-state index in [4.69, 9.17) is 9.39 Å². The van der Waals surface area contributed by atoms with Crippen molar-refractivity contribution in [3.63, 3.8) is 0 Å². The van der Waals surface area contributed by atoms with E-state index < -0.39 is 22.5 Å². The van der Waals surface area contributed by atoms with Crippen LogP contribution in [0.25, 0.3) is 0 Å². The van der Waals surface area contributed by atoms with Gasteiger partial charge < -0.3 is 15.1 Å². The van der Waals surface area contributed by atoms with Crippen molar-refractivity contribution in [1.82, 2.24) is 15.3 Å². The Morgan fingerprint density at radius 2 is 2.25 bits per heavy atom. The number of carbonyl (C=O) groups excluding carboxylic acids is 1. The molecule has 0 saturated carbocycles. The van der Waals surface area contributed by atoms with Gasteiger partial charge in [0.2, 0.25) is 0 Å². The van der Waals surface area contributed by atoms with Gasteiger partial charge in [0.15, 0.2) is 5.60 Å². The highest BCUT2D eigenvalue weighted by Gasteiger charge is 2.55. The number of oxime groups is 1. The second-order valence-electron chi connectivity index (χ2n) is 6.83. The lowest BCUT2D eigenvalue weighted by Gasteiger charge is -2.33. The molecule has 0 aliphatic carbocycles. The zero-order valence-electron chi connectivity index (χ0n) is 13.2. The molecule has 0 aromatic carbocycles. The molecular weight excluding hydrogens is 340 g/mol. The Bertz CT molecular complexity index is 689. The Hall–Kier alpha value is -1.43. The van der Waals surface area contributed by atoms with Crippen LogP contribution in [-0.2, 0) is 19.5 Å². The first-order valence-corrected chi connectivity index (χ1v) is 9.41. The van der Waals surface area contributed by atoms with Crippen molar-refractivity contribution in [2.24, 2.45) is 11.1 Å². The van der Waals surface area contributed by atoms with Crippen molar-refractivity contribution in [3.8, 4) is 0 Å². The molecule has 134 valence electrons. The first-order valence-electron chi connectivity index (χ1n) is 8.04. The quantitative estimate of drug-likeness (QED) is 0.665. The number of fused-ring (bicyclic) bond motifs is 2. The number of hydrogen-bond acceptors (Lipinski definition) is 7. The van der Waals surface area contributed by atoms with Crippen LogP contribution in [0.4, 0.5) is 4.79 Å². The van der Waals surface area contributed by atoms with Crippen LogP contribution in [0, 0.1) is 5.92 Å². The molecule has 0 aromatic heterocycles. The maximum atomic E-state index is 12.5. The Labute approximate surface area is 139 Å². The Kier molecular flexibility index (Phi) is 3.53. The molecule has 0 radical (unpaired) electrons. The van der Waals surface area contributed by atoms with E-state index in [1.807, 2.05) is 0 Å². The van der Waals surface area contributed by atoms with Crippen molar-refractivity contribution < 1.29 is 26.9 Å². The highest BCUT2D eigenvalue weighted by Crippen LogP contribution is 2.40. The van der Waals surface area contributed by atoms with Gasteiger partial charge in [-0.15, -0.1) is 4.28 Å². The molecule has 2 amide bonds. The topological polar surface area (TPSA) is 121 Å². The van der Waals surface area contributed by atoms with Crippen LogP contribution in [0.15, 0.2) is 5.16 Å². The number of hydrogen-bond donors (Lipinski definition) is 2. The third kappa shape index (κ3) is 2.38. The fraction of sp³-hybridized carbons (Fsp3) is 0.846. The summed E-state index contributed by atoms with van der Waals surface area (Å²) >= 11 is 0. The lowest BCUT2D eigenvalue weighted by molar-refractivity contribution is -0.0316. The predicted molar refractivity (Wildman–Crippen MR) is 81.3 cm³/mol. The molecule has 11 heteroatoms. The predicted octanol–water partition coefficient (Wildman–Crippen LogP) is -0.256. The lowest BCUT2D eigenvalue weighted by atomic mass is 9.80. The molecule has 4 heterocycles. The molecule has 3 saturated heterocycles. The number of piperidine rings is 1. The van der Waals surface area contributed by atoms with Crippen molar-refractivity contribution >= 4 is 22.1 Å². The van der Waals surface area contributed by atoms with Gasteiger partial charge in [-0.2, -0.15) is 13.5 Å². The molecule has 3 fully saturated rings. The summed E-state index contributed by atoms with van der Waals surface area (Å²) in [5, 5.41) is 8.32. The number of amides is 2. The summed E-state index contributed by atoms with van der Waals surface area (Å²) in [5.41, 5.74) is 0.471. The summed E-state index contributed by atoms with van der Waals surface area (Å²) in [6.07, 6.45) is 2.08. The minimum absolute atomic E-state index is 0.0680. The van der Waals surface area contributed by atoms with E-state index >= 15 is 0 Å². The first-order chi connectivity index (χ1) is 11.3. The Balaban J connectivity index is 1.54. The number of urea groups is 1. The molecule has 4 atom stereocenters. The van der Waals surface area contributed by atoms with Crippen LogP contribution in [0.5, 0.6) is 0 Å². The maximum Gasteiger partial charge on any atom is 0.418 e. The van der Waals surface area contributed by atoms with Crippen molar-refractivity contribution in [1.29, 1.82) is 0 Å². The molecule has 0 aromatic rings. The zero-order chi connectivity index (χ0) is 17.1. The second-order valence-corrected chi connectivity index (χ2v) is 7.84. The summed E-state index contributed by atoms with van der Waals surface area (Å²) in [6.45, 7) is 3.99. The van der Waals surface area contributed by atoms with Gasteiger partial charge in [0, 0.05) is 25.4 Å². The van der Waals surface area contributed by atoms with E-state index in [0.717, 1.165) is 30.3 Å². The summed E-state index contributed by atoms with van der Waals surface area (Å²) in [6, 6.07) is -1.20. The Morgan fingerprint density at radius 1 is 1.46 bits per heavy atom. The second kappa shape index (κ2) is 5.28. The standard InChI is InChI=1S/C13H20N4O6S/c1-8-11(15-22-13(8)4-5-14-7-13)10-3-2-9-6-16(10)12(18)17(9)23-24(19,20)21/h8-10,14H,2-7H2,1H3,(H,19,20,21)/t8?,9-,10-,13+/m0/s1. The average molecular weight is 360 g/mol. The minimum atomic E-state index is -4.73. The lowest BCUT2D eigenvalue weighted by Crippen LogP contribution is -2.49. The summed E-state index contributed by atoms with van der Waals surface area (Å²) in [4.78, 5) is 19.8. The molecule has 10 nitrogen and oxygen atoms in total. The summed E-state index contributed by atoms with van der Waals surface area (Å²) < 4.78 is 35.2. The van der Waals surface area contributed by atoms with Crippen LogP contribution < -0.4 is 5.32 Å². The molecule has 2 bridgehead atoms. The summed E-state index contributed by atoms with van der Waals surface area (Å²) in [5.74, 6) is 0.0680. The summed E-state index contributed by atoms with van der Waals surface area (Å²) in [7, 11) is -4.73. The molecule has 2 N–H and O–H groups in total. The van der Waals surface area contributed by atoms with E-state index in [-0.39, 0.29) is 17.6 Å². The van der Waals surface area contributed by atoms with Gasteiger partial charge in [0.05, 0.1) is 17.8 Å². The van der Waals surface area contributed by atoms with Crippen LogP contribution in [-0.4, -0.2) is 72.0 Å². The van der Waals surface area contributed by atoms with Gasteiger partial charge in [-0.25, -0.2) is 4.79 Å². The van der Waals surface area contributed by atoms with Gasteiger partial charge in [-0.3, -0.25) is 4.55 Å². The van der Waals surface area contributed by atoms with Crippen molar-refractivity contribution in [2.75, 3.05) is 19.6 Å². The van der Waals surface area contributed by atoms with E-state index in [1.165, 1.54) is 0 Å². The van der Waals surface area contributed by atoms with Crippen LogP contribution in [0.2, 0.25) is 0 Å². The van der Waals surface area contributed by atoms with Gasteiger partial charge in [-0.05, 0) is 19.4 Å². The van der Waals surface area contributed by atoms with E-state index in [1.54, 1.807) is 4.90 Å². The molecule has 24 heavy (non-hydrogen) atoms. The Morgan fingerprint density at radius 3 is 2.92 bits per heavy atom. The molecule has 1 spiro atoms. The zero-order valence-corrected chi connectivity index (χ0v) is 14.0. The minimum Gasteiger partial charge on any atom is -0.387 e. The normalized spacial score (nSPS) is 38.8. The van der Waals surface area contributed by atoms with E-state index in [0.29, 0.717) is 19.4 Å². The monoisotopic (exact) mass is 360 g/mol. The number of carbonyl (C=O) groups is 1. The van der Waals surface area contributed by atoms with Gasteiger partial charge in [0.25, 0.3) is 0 Å². The molecule has 4 aliphatic heterocycles. The van der Waals surface area contributed by atoms with Crippen LogP contribution >= 0.6 is 0 Å². The average Bonchev–Trinajstić information content (AvgIpc) is 3.18. The van der Waals surface area contributed by atoms with Crippen molar-refractivity contribution in [3.05, 3.63) is 0 Å². The maximum absolute atomic E-state index is 12.5. The highest BCUT2D eigenvalue weighted by atomic mass is 32.3. The van der Waals surface area contributed by atoms with E-state index in [9.17, 15) is 13.2 Å². The SMILES string of the molecule is CC1C([C@@H]2CC[C@H]3CN2C(=O)N3OS(=O)(=O)O)=NO[C@@]12CCNC2. The third-order valence-electron chi connectivity index (χ3n) is 5.55. The number of nitrogens with one attached hydrogen (secondary N) is 1. The van der Waals surface area contributed by atoms with Crippen LogP contribution in [0.3, 0.4) is 0 Å². The smallest absolute Gasteiger partial charge is 0.387 e. The number of nitrogens with zero attached hydrogens (tertiary/aromatic N) is 3. The molecular formula is C13H20N4O6S. The number of rotatable bonds is 3. The van der Waals surface area contributed by atoms with Gasteiger partial charge in [-0.1, -0.05) is 12.1 Å². The third-order valence-corrected chi connectivity index (χ3v) is 5.90. The fourth-order valence-electron chi connectivity index (χ4n) is 4.20. The van der Waals surface area contributed by atoms with Crippen molar-refractivity contribution in [2.45, 2.75) is 43.9 Å². The largest absolute Gasteiger partial charge is 0.418 e. The highest BCUT2D eigenvalue weighted by molar-refractivity contribution is 7.80. The van der Waals surface area contributed by atoms with Gasteiger partial charge >= 0.3 is 16.4 Å². The molecule has 4 rings (SSSR count). The molecule has 4 aliphatic rings. The van der Waals surface area contributed by atoms with Gasteiger partial charge in [0.1, 0.15) is 0 Å². The first kappa shape index (κ1) is 16.1. The molecule has 1 unspecified atom stereocenters. The fourth-order valence-corrected chi connectivity index (χ4v) is 4.58. The number of hydroxylamine groups is 2. The van der Waals surface area contributed by atoms with Crippen LogP contribution in [0.1, 0.15) is 26.2 Å². The van der Waals surface area contributed by atoms with E-state index in [2.05, 4.69) is 21.7 Å².